The Kier molecular flexibility index (Phi) is 4.70. The van der Waals surface area contributed by atoms with Gasteiger partial charge in [-0.15, -0.1) is 0 Å². The van der Waals surface area contributed by atoms with Crippen molar-refractivity contribution < 1.29 is 9.66 Å². The predicted octanol–water partition coefficient (Wildman–Crippen LogP) is 3.87. The Bertz CT molecular complexity index is 632. The third-order valence-corrected chi connectivity index (χ3v) is 3.44. The van der Waals surface area contributed by atoms with E-state index in [2.05, 4.69) is 21.2 Å². The highest BCUT2D eigenvalue weighted by Crippen LogP contribution is 2.36. The molecule has 2 aromatic carbocycles. The summed E-state index contributed by atoms with van der Waals surface area (Å²) in [5, 5.41) is 13.9. The van der Waals surface area contributed by atoms with Gasteiger partial charge in [-0.05, 0) is 46.7 Å². The fourth-order valence-corrected chi connectivity index (χ4v) is 2.26. The van der Waals surface area contributed by atoms with Crippen molar-refractivity contribution in [1.82, 2.24) is 5.32 Å². The molecule has 0 atom stereocenters. The molecule has 0 aliphatic carbocycles. The molecule has 20 heavy (non-hydrogen) atoms. The maximum absolute atomic E-state index is 10.9. The lowest BCUT2D eigenvalue weighted by atomic mass is 10.2. The van der Waals surface area contributed by atoms with Crippen molar-refractivity contribution in [3.05, 3.63) is 62.6 Å². The van der Waals surface area contributed by atoms with Crippen LogP contribution in [0.1, 0.15) is 5.56 Å². The molecule has 2 rings (SSSR count). The Balaban J connectivity index is 2.28. The van der Waals surface area contributed by atoms with E-state index in [1.54, 1.807) is 12.1 Å². The molecule has 0 fully saturated rings. The van der Waals surface area contributed by atoms with Crippen molar-refractivity contribution in [2.75, 3.05) is 7.05 Å². The molecule has 2 aromatic rings. The molecule has 0 saturated heterocycles. The Morgan fingerprint density at radius 1 is 1.30 bits per heavy atom. The van der Waals surface area contributed by atoms with Crippen LogP contribution < -0.4 is 10.1 Å². The molecule has 0 amide bonds. The van der Waals surface area contributed by atoms with Crippen LogP contribution in [0.5, 0.6) is 11.5 Å². The van der Waals surface area contributed by atoms with E-state index < -0.39 is 4.92 Å². The van der Waals surface area contributed by atoms with Gasteiger partial charge in [-0.2, -0.15) is 0 Å². The molecule has 0 heterocycles. The van der Waals surface area contributed by atoms with Crippen molar-refractivity contribution in [3.8, 4) is 11.5 Å². The summed E-state index contributed by atoms with van der Waals surface area (Å²) in [5.74, 6) is 1.06. The number of hydrogen-bond donors (Lipinski definition) is 1. The van der Waals surface area contributed by atoms with Crippen LogP contribution in [0, 0.1) is 10.1 Å². The molecule has 104 valence electrons. The number of nitrogens with one attached hydrogen (secondary N) is 1. The fraction of sp³-hybridized carbons (Fsp3) is 0.143. The largest absolute Gasteiger partial charge is 0.456 e. The van der Waals surface area contributed by atoms with Gasteiger partial charge < -0.3 is 10.1 Å². The van der Waals surface area contributed by atoms with Crippen LogP contribution in [0.15, 0.2) is 46.9 Å². The standard InChI is InChI=1S/C14H13BrN2O3/c1-16-9-10-4-2-5-11(8-10)20-13-7-3-6-12(14(13)15)17(18)19/h2-8,16H,9H2,1H3. The normalized spacial score (nSPS) is 10.3. The lowest BCUT2D eigenvalue weighted by Crippen LogP contribution is -2.04. The summed E-state index contributed by atoms with van der Waals surface area (Å²) in [6.07, 6.45) is 0. The first-order valence-corrected chi connectivity index (χ1v) is 6.75. The summed E-state index contributed by atoms with van der Waals surface area (Å²) in [5.41, 5.74) is 1.06. The summed E-state index contributed by atoms with van der Waals surface area (Å²) in [6, 6.07) is 12.3. The summed E-state index contributed by atoms with van der Waals surface area (Å²) < 4.78 is 6.04. The van der Waals surface area contributed by atoms with Crippen LogP contribution >= 0.6 is 15.9 Å². The van der Waals surface area contributed by atoms with E-state index in [9.17, 15) is 10.1 Å². The van der Waals surface area contributed by atoms with Gasteiger partial charge in [-0.25, -0.2) is 0 Å². The predicted molar refractivity (Wildman–Crippen MR) is 80.1 cm³/mol. The van der Waals surface area contributed by atoms with E-state index in [0.717, 1.165) is 12.1 Å². The summed E-state index contributed by atoms with van der Waals surface area (Å²) in [4.78, 5) is 10.4. The number of ether oxygens (including phenoxy) is 1. The molecule has 0 radical (unpaired) electrons. The van der Waals surface area contributed by atoms with Gasteiger partial charge >= 0.3 is 0 Å². The average molecular weight is 337 g/mol. The molecule has 0 aliphatic rings. The van der Waals surface area contributed by atoms with Crippen molar-refractivity contribution in [1.29, 1.82) is 0 Å². The lowest BCUT2D eigenvalue weighted by molar-refractivity contribution is -0.385. The fourth-order valence-electron chi connectivity index (χ4n) is 1.77. The third kappa shape index (κ3) is 3.34. The van der Waals surface area contributed by atoms with E-state index in [-0.39, 0.29) is 5.69 Å². The maximum atomic E-state index is 10.9. The van der Waals surface area contributed by atoms with E-state index >= 15 is 0 Å². The Morgan fingerprint density at radius 3 is 2.75 bits per heavy atom. The quantitative estimate of drug-likeness (QED) is 0.664. The van der Waals surface area contributed by atoms with Crippen molar-refractivity contribution >= 4 is 21.6 Å². The van der Waals surface area contributed by atoms with Crippen LogP contribution in [0.2, 0.25) is 0 Å². The van der Waals surface area contributed by atoms with Gasteiger partial charge in [0.05, 0.1) is 4.92 Å². The average Bonchev–Trinajstić information content (AvgIpc) is 2.42. The summed E-state index contributed by atoms with van der Waals surface area (Å²) in [7, 11) is 1.87. The number of nitro benzene ring substituents is 1. The van der Waals surface area contributed by atoms with Gasteiger partial charge in [0.1, 0.15) is 16.0 Å². The highest BCUT2D eigenvalue weighted by Gasteiger charge is 2.16. The molecule has 0 saturated carbocycles. The van der Waals surface area contributed by atoms with E-state index in [1.165, 1.54) is 6.07 Å². The van der Waals surface area contributed by atoms with Gasteiger partial charge in [-0.3, -0.25) is 10.1 Å². The molecule has 5 nitrogen and oxygen atoms in total. The molecular formula is C14H13BrN2O3. The minimum absolute atomic E-state index is 0.0196. The van der Waals surface area contributed by atoms with Crippen molar-refractivity contribution in [2.45, 2.75) is 6.54 Å². The topological polar surface area (TPSA) is 64.4 Å². The number of nitro groups is 1. The van der Waals surface area contributed by atoms with Crippen molar-refractivity contribution in [3.63, 3.8) is 0 Å². The maximum Gasteiger partial charge on any atom is 0.287 e. The summed E-state index contributed by atoms with van der Waals surface area (Å²) in [6.45, 7) is 0.729. The van der Waals surface area contributed by atoms with Gasteiger partial charge in [0.2, 0.25) is 0 Å². The highest BCUT2D eigenvalue weighted by atomic mass is 79.9. The van der Waals surface area contributed by atoms with Gasteiger partial charge in [0.25, 0.3) is 5.69 Å². The van der Waals surface area contributed by atoms with Crippen LogP contribution in [-0.2, 0) is 6.54 Å². The van der Waals surface area contributed by atoms with E-state index in [4.69, 9.17) is 4.74 Å². The Hall–Kier alpha value is -1.92. The van der Waals surface area contributed by atoms with Crippen LogP contribution in [0.25, 0.3) is 0 Å². The molecule has 0 unspecified atom stereocenters. The van der Waals surface area contributed by atoms with Gasteiger partial charge in [0.15, 0.2) is 0 Å². The van der Waals surface area contributed by atoms with E-state index in [1.807, 2.05) is 31.3 Å². The first-order chi connectivity index (χ1) is 9.61. The third-order valence-electron chi connectivity index (χ3n) is 2.65. The zero-order chi connectivity index (χ0) is 14.5. The number of hydrogen-bond acceptors (Lipinski definition) is 4. The molecule has 0 aliphatic heterocycles. The van der Waals surface area contributed by atoms with Crippen LogP contribution in [0.3, 0.4) is 0 Å². The zero-order valence-corrected chi connectivity index (χ0v) is 12.4. The highest BCUT2D eigenvalue weighted by molar-refractivity contribution is 9.10. The number of halogens is 1. The molecule has 6 heteroatoms. The lowest BCUT2D eigenvalue weighted by Gasteiger charge is -2.09. The molecule has 0 spiro atoms. The second-order valence-corrected chi connectivity index (χ2v) is 4.92. The van der Waals surface area contributed by atoms with Crippen molar-refractivity contribution in [2.24, 2.45) is 0 Å². The second-order valence-electron chi connectivity index (χ2n) is 4.13. The first-order valence-electron chi connectivity index (χ1n) is 5.96. The minimum atomic E-state index is -0.450. The minimum Gasteiger partial charge on any atom is -0.456 e. The first kappa shape index (κ1) is 14.5. The zero-order valence-electron chi connectivity index (χ0n) is 10.8. The number of benzene rings is 2. The van der Waals surface area contributed by atoms with E-state index in [0.29, 0.717) is 16.0 Å². The van der Waals surface area contributed by atoms with Crippen LogP contribution in [-0.4, -0.2) is 12.0 Å². The van der Waals surface area contributed by atoms with Crippen LogP contribution in [0.4, 0.5) is 5.69 Å². The Labute approximate surface area is 124 Å². The van der Waals surface area contributed by atoms with Gasteiger partial charge in [-0.1, -0.05) is 18.2 Å². The monoisotopic (exact) mass is 336 g/mol. The smallest absolute Gasteiger partial charge is 0.287 e. The molecular weight excluding hydrogens is 324 g/mol. The number of nitrogens with zero attached hydrogens (tertiary/aromatic N) is 1. The molecule has 1 N–H and O–H groups in total. The Morgan fingerprint density at radius 2 is 2.05 bits per heavy atom. The molecule has 0 aromatic heterocycles. The molecule has 0 bridgehead atoms. The SMILES string of the molecule is CNCc1cccc(Oc2cccc([N+](=O)[O-])c2Br)c1. The summed E-state index contributed by atoms with van der Waals surface area (Å²) >= 11 is 3.21. The number of rotatable bonds is 5. The van der Waals surface area contributed by atoms with Gasteiger partial charge in [0, 0.05) is 12.6 Å². The second kappa shape index (κ2) is 6.49.